The summed E-state index contributed by atoms with van der Waals surface area (Å²) in [4.78, 5) is 0. The van der Waals surface area contributed by atoms with E-state index in [4.69, 9.17) is 10.7 Å². The standard InChI is InChI=1S/C12H11ClO2S/c13-16(14,15)8-7-10-5-6-11-3-1-2-4-12(11)9-10/h1-6,9H,7-8H2. The Hall–Kier alpha value is -1.06. The van der Waals surface area contributed by atoms with Gasteiger partial charge in [-0.3, -0.25) is 0 Å². The molecule has 0 saturated carbocycles. The van der Waals surface area contributed by atoms with E-state index in [-0.39, 0.29) is 5.75 Å². The third-order valence-corrected chi connectivity index (χ3v) is 3.60. The highest BCUT2D eigenvalue weighted by Crippen LogP contribution is 2.16. The van der Waals surface area contributed by atoms with Crippen molar-refractivity contribution in [2.24, 2.45) is 0 Å². The molecule has 84 valence electrons. The highest BCUT2D eigenvalue weighted by molar-refractivity contribution is 8.13. The number of hydrogen-bond donors (Lipinski definition) is 0. The lowest BCUT2D eigenvalue weighted by Crippen LogP contribution is -2.00. The smallest absolute Gasteiger partial charge is 0.212 e. The predicted molar refractivity (Wildman–Crippen MR) is 67.3 cm³/mol. The van der Waals surface area contributed by atoms with Gasteiger partial charge >= 0.3 is 0 Å². The Bertz CT molecular complexity index is 605. The minimum atomic E-state index is -3.40. The van der Waals surface area contributed by atoms with Gasteiger partial charge in [0.05, 0.1) is 5.75 Å². The maximum atomic E-state index is 10.8. The Morgan fingerprint density at radius 2 is 1.69 bits per heavy atom. The summed E-state index contributed by atoms with van der Waals surface area (Å²) in [5, 5.41) is 2.27. The zero-order valence-electron chi connectivity index (χ0n) is 8.56. The van der Waals surface area contributed by atoms with Crippen LogP contribution in [0, 0.1) is 0 Å². The Kier molecular flexibility index (Phi) is 3.17. The van der Waals surface area contributed by atoms with Gasteiger partial charge in [-0.2, -0.15) is 0 Å². The molecule has 0 bridgehead atoms. The molecule has 2 aromatic carbocycles. The van der Waals surface area contributed by atoms with Gasteiger partial charge in [0.1, 0.15) is 0 Å². The quantitative estimate of drug-likeness (QED) is 0.790. The molecule has 2 nitrogen and oxygen atoms in total. The molecule has 0 unspecified atom stereocenters. The maximum Gasteiger partial charge on any atom is 0.232 e. The number of rotatable bonds is 3. The van der Waals surface area contributed by atoms with Gasteiger partial charge < -0.3 is 0 Å². The largest absolute Gasteiger partial charge is 0.232 e. The highest BCUT2D eigenvalue weighted by Gasteiger charge is 2.05. The molecule has 16 heavy (non-hydrogen) atoms. The van der Waals surface area contributed by atoms with E-state index in [0.717, 1.165) is 16.3 Å². The predicted octanol–water partition coefficient (Wildman–Crippen LogP) is 2.95. The van der Waals surface area contributed by atoms with E-state index < -0.39 is 9.05 Å². The van der Waals surface area contributed by atoms with Crippen molar-refractivity contribution in [3.63, 3.8) is 0 Å². The zero-order chi connectivity index (χ0) is 11.6. The molecule has 0 spiro atoms. The van der Waals surface area contributed by atoms with Crippen LogP contribution in [0.25, 0.3) is 10.8 Å². The number of halogens is 1. The minimum absolute atomic E-state index is 0.0209. The van der Waals surface area contributed by atoms with Crippen molar-refractivity contribution < 1.29 is 8.42 Å². The van der Waals surface area contributed by atoms with Crippen LogP contribution in [-0.4, -0.2) is 14.2 Å². The van der Waals surface area contributed by atoms with E-state index in [1.54, 1.807) is 0 Å². The second-order valence-electron chi connectivity index (χ2n) is 3.67. The van der Waals surface area contributed by atoms with Gasteiger partial charge in [-0.15, -0.1) is 0 Å². The van der Waals surface area contributed by atoms with Gasteiger partial charge in [-0.25, -0.2) is 8.42 Å². The molecule has 2 aromatic rings. The summed E-state index contributed by atoms with van der Waals surface area (Å²) in [6.07, 6.45) is 0.455. The van der Waals surface area contributed by atoms with Gasteiger partial charge in [-0.1, -0.05) is 42.5 Å². The molecule has 0 aromatic heterocycles. The fraction of sp³-hybridized carbons (Fsp3) is 0.167. The Labute approximate surface area is 99.3 Å². The molecule has 4 heteroatoms. The molecule has 0 amide bonds. The lowest BCUT2D eigenvalue weighted by Gasteiger charge is -2.02. The fourth-order valence-corrected chi connectivity index (χ4v) is 2.35. The average molecular weight is 255 g/mol. The van der Waals surface area contributed by atoms with E-state index in [0.29, 0.717) is 6.42 Å². The molecule has 0 aliphatic heterocycles. The second-order valence-corrected chi connectivity index (χ2v) is 6.57. The van der Waals surface area contributed by atoms with Crippen LogP contribution in [-0.2, 0) is 15.5 Å². The van der Waals surface area contributed by atoms with Crippen LogP contribution in [0.4, 0.5) is 0 Å². The Balaban J connectivity index is 2.26. The third kappa shape index (κ3) is 2.97. The first kappa shape index (κ1) is 11.4. The molecule has 0 saturated heterocycles. The summed E-state index contributed by atoms with van der Waals surface area (Å²) in [6.45, 7) is 0. The summed E-state index contributed by atoms with van der Waals surface area (Å²) in [5.74, 6) is -0.0209. The van der Waals surface area contributed by atoms with Crippen molar-refractivity contribution >= 4 is 30.5 Å². The van der Waals surface area contributed by atoms with Crippen LogP contribution < -0.4 is 0 Å². The van der Waals surface area contributed by atoms with E-state index in [9.17, 15) is 8.42 Å². The molecule has 0 atom stereocenters. The van der Waals surface area contributed by atoms with Crippen molar-refractivity contribution in [1.82, 2.24) is 0 Å². The summed E-state index contributed by atoms with van der Waals surface area (Å²) in [7, 11) is 1.77. The van der Waals surface area contributed by atoms with E-state index in [2.05, 4.69) is 0 Å². The summed E-state index contributed by atoms with van der Waals surface area (Å²) in [5.41, 5.74) is 0.989. The highest BCUT2D eigenvalue weighted by atomic mass is 35.7. The van der Waals surface area contributed by atoms with Crippen molar-refractivity contribution in [2.75, 3.05) is 5.75 Å². The molecular formula is C12H11ClO2S. The molecule has 0 fully saturated rings. The third-order valence-electron chi connectivity index (χ3n) is 2.45. The van der Waals surface area contributed by atoms with Gasteiger partial charge in [0.15, 0.2) is 0 Å². The van der Waals surface area contributed by atoms with Gasteiger partial charge in [-0.05, 0) is 22.8 Å². The van der Waals surface area contributed by atoms with Crippen molar-refractivity contribution in [1.29, 1.82) is 0 Å². The van der Waals surface area contributed by atoms with Crippen LogP contribution in [0.5, 0.6) is 0 Å². The maximum absolute atomic E-state index is 10.8. The topological polar surface area (TPSA) is 34.1 Å². The Morgan fingerprint density at radius 3 is 2.38 bits per heavy atom. The number of benzene rings is 2. The van der Waals surface area contributed by atoms with E-state index in [1.165, 1.54) is 0 Å². The summed E-state index contributed by atoms with van der Waals surface area (Å²) < 4.78 is 21.7. The average Bonchev–Trinajstić information content (AvgIpc) is 2.25. The monoisotopic (exact) mass is 254 g/mol. The van der Waals surface area contributed by atoms with Crippen molar-refractivity contribution in [3.8, 4) is 0 Å². The lowest BCUT2D eigenvalue weighted by molar-refractivity contribution is 0.609. The molecular weight excluding hydrogens is 244 g/mol. The van der Waals surface area contributed by atoms with Crippen LogP contribution >= 0.6 is 10.7 Å². The molecule has 0 heterocycles. The van der Waals surface area contributed by atoms with Crippen LogP contribution in [0.2, 0.25) is 0 Å². The number of hydrogen-bond acceptors (Lipinski definition) is 2. The molecule has 0 aliphatic carbocycles. The normalized spacial score (nSPS) is 11.8. The number of fused-ring (bicyclic) bond motifs is 1. The SMILES string of the molecule is O=S(=O)(Cl)CCc1ccc2ccccc2c1. The lowest BCUT2D eigenvalue weighted by atomic mass is 10.1. The zero-order valence-corrected chi connectivity index (χ0v) is 10.1. The summed E-state index contributed by atoms with van der Waals surface area (Å²) >= 11 is 0. The molecule has 0 aliphatic rings. The first-order chi connectivity index (χ1) is 7.54. The van der Waals surface area contributed by atoms with Gasteiger partial charge in [0.25, 0.3) is 0 Å². The van der Waals surface area contributed by atoms with Crippen LogP contribution in [0.15, 0.2) is 42.5 Å². The van der Waals surface area contributed by atoms with Gasteiger partial charge in [0, 0.05) is 10.7 Å². The Morgan fingerprint density at radius 1 is 1.00 bits per heavy atom. The first-order valence-corrected chi connectivity index (χ1v) is 7.42. The minimum Gasteiger partial charge on any atom is -0.212 e. The molecule has 0 radical (unpaired) electrons. The van der Waals surface area contributed by atoms with Crippen LogP contribution in [0.1, 0.15) is 5.56 Å². The first-order valence-electron chi connectivity index (χ1n) is 4.95. The molecule has 0 N–H and O–H groups in total. The second kappa shape index (κ2) is 4.44. The van der Waals surface area contributed by atoms with Crippen molar-refractivity contribution in [3.05, 3.63) is 48.0 Å². The fourth-order valence-electron chi connectivity index (χ4n) is 1.63. The number of aryl methyl sites for hydroxylation is 1. The van der Waals surface area contributed by atoms with Crippen LogP contribution in [0.3, 0.4) is 0 Å². The van der Waals surface area contributed by atoms with Gasteiger partial charge in [0.2, 0.25) is 9.05 Å². The van der Waals surface area contributed by atoms with Crippen molar-refractivity contribution in [2.45, 2.75) is 6.42 Å². The van der Waals surface area contributed by atoms with E-state index >= 15 is 0 Å². The molecule has 2 rings (SSSR count). The van der Waals surface area contributed by atoms with E-state index in [1.807, 2.05) is 42.5 Å². The summed E-state index contributed by atoms with van der Waals surface area (Å²) in [6, 6.07) is 13.9.